The topological polar surface area (TPSA) is 69.6 Å². The van der Waals surface area contributed by atoms with Crippen molar-refractivity contribution in [3.8, 4) is 0 Å². The maximum absolute atomic E-state index is 12.9. The molecule has 0 aromatic carbocycles. The fourth-order valence-electron chi connectivity index (χ4n) is 4.72. The molecule has 150 valence electrons. The monoisotopic (exact) mass is 365 g/mol. The molecular weight excluding hydrogens is 325 g/mol. The maximum atomic E-state index is 12.9. The number of rotatable bonds is 3. The van der Waals surface area contributed by atoms with Crippen molar-refractivity contribution in [2.45, 2.75) is 121 Å². The van der Waals surface area contributed by atoms with Crippen molar-refractivity contribution in [3.63, 3.8) is 0 Å². The molecule has 2 fully saturated rings. The van der Waals surface area contributed by atoms with E-state index in [1.54, 1.807) is 0 Å². The summed E-state index contributed by atoms with van der Waals surface area (Å²) < 4.78 is 0. The molecule has 26 heavy (non-hydrogen) atoms. The van der Waals surface area contributed by atoms with Gasteiger partial charge in [-0.3, -0.25) is 4.79 Å². The van der Waals surface area contributed by atoms with Crippen LogP contribution in [0.5, 0.6) is 0 Å². The van der Waals surface area contributed by atoms with Crippen LogP contribution in [-0.2, 0) is 4.79 Å². The van der Waals surface area contributed by atoms with Crippen LogP contribution in [-0.4, -0.2) is 29.1 Å². The molecule has 2 saturated carbocycles. The molecule has 1 amide bonds. The molecule has 0 heterocycles. The molecule has 0 radical (unpaired) electrons. The molecular formula is C21H40BNO3. The van der Waals surface area contributed by atoms with Gasteiger partial charge in [0.1, 0.15) is 0 Å². The zero-order valence-corrected chi connectivity index (χ0v) is 16.6. The molecule has 2 unspecified atom stereocenters. The summed E-state index contributed by atoms with van der Waals surface area (Å²) >= 11 is 0. The van der Waals surface area contributed by atoms with Crippen LogP contribution in [0, 0.1) is 5.92 Å². The van der Waals surface area contributed by atoms with Gasteiger partial charge in [0.15, 0.2) is 0 Å². The molecule has 0 aromatic rings. The second kappa shape index (κ2) is 12.8. The van der Waals surface area contributed by atoms with Gasteiger partial charge in [-0.25, -0.2) is 0 Å². The van der Waals surface area contributed by atoms with Gasteiger partial charge in [0.25, 0.3) is 0 Å². The minimum atomic E-state index is -1.20. The second-order valence-electron chi connectivity index (χ2n) is 8.70. The van der Waals surface area contributed by atoms with E-state index >= 15 is 0 Å². The van der Waals surface area contributed by atoms with Crippen LogP contribution < -0.4 is 5.32 Å². The molecule has 0 aliphatic heterocycles. The third kappa shape index (κ3) is 8.43. The van der Waals surface area contributed by atoms with Gasteiger partial charge in [-0.2, -0.15) is 0 Å². The fourth-order valence-corrected chi connectivity index (χ4v) is 4.72. The highest BCUT2D eigenvalue weighted by Gasteiger charge is 2.26. The molecule has 0 saturated heterocycles. The van der Waals surface area contributed by atoms with Crippen molar-refractivity contribution in [2.24, 2.45) is 5.92 Å². The van der Waals surface area contributed by atoms with Crippen LogP contribution in [0.4, 0.5) is 0 Å². The SMILES string of the molecule is O=C(NC1CCCCCCCCC1)C1CCCCCC(B(O)O)CCC1. The van der Waals surface area contributed by atoms with Crippen molar-refractivity contribution in [1.82, 2.24) is 5.32 Å². The zero-order valence-electron chi connectivity index (χ0n) is 16.6. The summed E-state index contributed by atoms with van der Waals surface area (Å²) in [5.41, 5.74) is 0. The van der Waals surface area contributed by atoms with Gasteiger partial charge in [-0.15, -0.1) is 0 Å². The quantitative estimate of drug-likeness (QED) is 0.641. The molecule has 2 atom stereocenters. The summed E-state index contributed by atoms with van der Waals surface area (Å²) in [7, 11) is -1.20. The van der Waals surface area contributed by atoms with E-state index in [9.17, 15) is 14.8 Å². The first-order valence-electron chi connectivity index (χ1n) is 11.3. The first-order chi connectivity index (χ1) is 12.7. The molecule has 5 heteroatoms. The van der Waals surface area contributed by atoms with Gasteiger partial charge in [0.05, 0.1) is 0 Å². The van der Waals surface area contributed by atoms with E-state index < -0.39 is 7.12 Å². The van der Waals surface area contributed by atoms with Crippen molar-refractivity contribution >= 4 is 13.0 Å². The standard InChI is InChI=1S/C21H40BNO3/c24-21(23-20-16-9-4-2-1-3-5-10-17-20)18-12-7-6-8-14-19(22(25)26)15-11-13-18/h18-20,25-26H,1-17H2,(H,23,24). The highest BCUT2D eigenvalue weighted by Crippen LogP contribution is 2.29. The van der Waals surface area contributed by atoms with Crippen LogP contribution >= 0.6 is 0 Å². The van der Waals surface area contributed by atoms with E-state index in [-0.39, 0.29) is 17.6 Å². The highest BCUT2D eigenvalue weighted by atomic mass is 16.4. The lowest BCUT2D eigenvalue weighted by atomic mass is 9.67. The maximum Gasteiger partial charge on any atom is 0.454 e. The largest absolute Gasteiger partial charge is 0.454 e. The molecule has 2 rings (SSSR count). The Labute approximate surface area is 160 Å². The summed E-state index contributed by atoms with van der Waals surface area (Å²) in [6, 6.07) is 0.364. The average Bonchev–Trinajstić information content (AvgIpc) is 2.64. The van der Waals surface area contributed by atoms with Gasteiger partial charge in [-0.05, 0) is 31.5 Å². The molecule has 0 spiro atoms. The Hall–Kier alpha value is -0.545. The van der Waals surface area contributed by atoms with E-state index in [1.807, 2.05) is 0 Å². The Morgan fingerprint density at radius 2 is 1.12 bits per heavy atom. The normalized spacial score (nSPS) is 28.1. The number of carbonyl (C=O) groups is 1. The van der Waals surface area contributed by atoms with E-state index in [0.29, 0.717) is 6.04 Å². The zero-order chi connectivity index (χ0) is 18.6. The summed E-state index contributed by atoms with van der Waals surface area (Å²) in [6.07, 6.45) is 19.2. The third-order valence-electron chi connectivity index (χ3n) is 6.50. The van der Waals surface area contributed by atoms with Crippen LogP contribution in [0.15, 0.2) is 0 Å². The fraction of sp³-hybridized carbons (Fsp3) is 0.952. The number of hydrogen-bond donors (Lipinski definition) is 3. The van der Waals surface area contributed by atoms with Crippen molar-refractivity contribution < 1.29 is 14.8 Å². The molecule has 4 nitrogen and oxygen atoms in total. The molecule has 0 bridgehead atoms. The third-order valence-corrected chi connectivity index (χ3v) is 6.50. The van der Waals surface area contributed by atoms with Crippen molar-refractivity contribution in [1.29, 1.82) is 0 Å². The second-order valence-corrected chi connectivity index (χ2v) is 8.70. The smallest absolute Gasteiger partial charge is 0.427 e. The molecule has 2 aliphatic carbocycles. The Balaban J connectivity index is 1.82. The number of nitrogens with one attached hydrogen (secondary N) is 1. The first kappa shape index (κ1) is 21.8. The number of carbonyl (C=O) groups excluding carboxylic acids is 1. The van der Waals surface area contributed by atoms with Crippen LogP contribution in [0.2, 0.25) is 5.82 Å². The lowest BCUT2D eigenvalue weighted by Gasteiger charge is -2.25. The van der Waals surface area contributed by atoms with E-state index in [4.69, 9.17) is 0 Å². The Morgan fingerprint density at radius 3 is 1.77 bits per heavy atom. The Kier molecular flexibility index (Phi) is 10.7. The minimum absolute atomic E-state index is 0.0184. The highest BCUT2D eigenvalue weighted by molar-refractivity contribution is 6.43. The summed E-state index contributed by atoms with van der Waals surface area (Å²) in [4.78, 5) is 12.9. The van der Waals surface area contributed by atoms with Gasteiger partial charge in [0, 0.05) is 12.0 Å². The van der Waals surface area contributed by atoms with Crippen LogP contribution in [0.1, 0.15) is 109 Å². The van der Waals surface area contributed by atoms with Crippen LogP contribution in [0.3, 0.4) is 0 Å². The number of hydrogen-bond acceptors (Lipinski definition) is 3. The molecule has 3 N–H and O–H groups in total. The van der Waals surface area contributed by atoms with Crippen molar-refractivity contribution in [2.75, 3.05) is 0 Å². The summed E-state index contributed by atoms with van der Waals surface area (Å²) in [5.74, 6) is 0.351. The lowest BCUT2D eigenvalue weighted by molar-refractivity contribution is -0.126. The Bertz CT molecular complexity index is 381. The van der Waals surface area contributed by atoms with Crippen LogP contribution in [0.25, 0.3) is 0 Å². The summed E-state index contributed by atoms with van der Waals surface area (Å²) in [6.45, 7) is 0. The van der Waals surface area contributed by atoms with E-state index in [1.165, 1.54) is 44.9 Å². The lowest BCUT2D eigenvalue weighted by Crippen LogP contribution is -2.39. The van der Waals surface area contributed by atoms with E-state index in [2.05, 4.69) is 5.32 Å². The number of amides is 1. The van der Waals surface area contributed by atoms with Gasteiger partial charge in [0.2, 0.25) is 5.91 Å². The molecule has 0 aromatic heterocycles. The predicted molar refractivity (Wildman–Crippen MR) is 108 cm³/mol. The average molecular weight is 365 g/mol. The van der Waals surface area contributed by atoms with Gasteiger partial charge < -0.3 is 15.4 Å². The Morgan fingerprint density at radius 1 is 0.654 bits per heavy atom. The van der Waals surface area contributed by atoms with Crippen molar-refractivity contribution in [3.05, 3.63) is 0 Å². The molecule has 2 aliphatic rings. The minimum Gasteiger partial charge on any atom is -0.427 e. The van der Waals surface area contributed by atoms with Gasteiger partial charge >= 0.3 is 7.12 Å². The first-order valence-corrected chi connectivity index (χ1v) is 11.3. The van der Waals surface area contributed by atoms with E-state index in [0.717, 1.165) is 64.2 Å². The van der Waals surface area contributed by atoms with Gasteiger partial charge in [-0.1, -0.05) is 83.5 Å². The predicted octanol–water partition coefficient (Wildman–Crippen LogP) is 4.59. The summed E-state index contributed by atoms with van der Waals surface area (Å²) in [5, 5.41) is 22.4.